The van der Waals surface area contributed by atoms with Crippen LogP contribution in [-0.4, -0.2) is 56.3 Å². The summed E-state index contributed by atoms with van der Waals surface area (Å²) in [5.41, 5.74) is 0.544. The summed E-state index contributed by atoms with van der Waals surface area (Å²) in [7, 11) is 1.55. The van der Waals surface area contributed by atoms with E-state index >= 15 is 0 Å². The highest BCUT2D eigenvalue weighted by molar-refractivity contribution is 7.13. The third kappa shape index (κ3) is 6.94. The van der Waals surface area contributed by atoms with Crippen molar-refractivity contribution in [1.29, 1.82) is 0 Å². The maximum absolute atomic E-state index is 13.0. The number of aryl methyl sites for hydroxylation is 2. The number of carbonyl (C=O) groups excluding carboxylic acids is 2. The van der Waals surface area contributed by atoms with Crippen LogP contribution >= 0.6 is 22.7 Å². The fourth-order valence-corrected chi connectivity index (χ4v) is 4.93. The molecule has 2 amide bonds. The molecule has 0 radical (unpaired) electrons. The molecule has 4 rings (SSSR count). The van der Waals surface area contributed by atoms with Gasteiger partial charge >= 0.3 is 0 Å². The molecular formula is C21H23F2N7O3S2. The molecule has 3 aromatic heterocycles. The number of nitrogens with one attached hydrogen (secondary N) is 2. The standard InChI is InChI=1S/C21H23F2N7O3S2/c1-24-17(31)19-29-27-15(34-19)4-2-3-5-16-28-30-20(35-16)18(32)26-11-12-8-13(6-7-25-12)33-14-9-21(22,23)10-14/h6-8,14H,2-5,9-11H2,1H3,(H,24,31)(H,26,32). The summed E-state index contributed by atoms with van der Waals surface area (Å²) in [6, 6.07) is 3.22. The third-order valence-corrected chi connectivity index (χ3v) is 7.12. The minimum absolute atomic E-state index is 0.145. The Hall–Kier alpha value is -3.13. The number of hydrogen-bond acceptors (Lipinski definition) is 10. The minimum atomic E-state index is -2.65. The Morgan fingerprint density at radius 2 is 1.69 bits per heavy atom. The topological polar surface area (TPSA) is 132 Å². The number of halogens is 2. The second-order valence-electron chi connectivity index (χ2n) is 7.96. The largest absolute Gasteiger partial charge is 0.490 e. The van der Waals surface area contributed by atoms with Crippen molar-refractivity contribution in [2.45, 2.75) is 57.1 Å². The van der Waals surface area contributed by atoms with E-state index in [4.69, 9.17) is 4.74 Å². The first-order chi connectivity index (χ1) is 16.8. The van der Waals surface area contributed by atoms with Gasteiger partial charge in [0.25, 0.3) is 17.7 Å². The molecular weight excluding hydrogens is 500 g/mol. The van der Waals surface area contributed by atoms with Gasteiger partial charge in [0, 0.05) is 45.0 Å². The molecule has 0 unspecified atom stereocenters. The predicted octanol–water partition coefficient (Wildman–Crippen LogP) is 2.82. The molecule has 0 aliphatic heterocycles. The fourth-order valence-electron chi connectivity index (χ4n) is 3.31. The molecule has 0 bridgehead atoms. The molecule has 3 aromatic rings. The van der Waals surface area contributed by atoms with Gasteiger partial charge in [0.05, 0.1) is 12.2 Å². The average molecular weight is 524 g/mol. The highest BCUT2D eigenvalue weighted by atomic mass is 32.1. The van der Waals surface area contributed by atoms with Crippen molar-refractivity contribution in [3.63, 3.8) is 0 Å². The number of nitrogens with zero attached hydrogens (tertiary/aromatic N) is 5. The van der Waals surface area contributed by atoms with Gasteiger partial charge in [-0.1, -0.05) is 22.7 Å². The second-order valence-corrected chi connectivity index (χ2v) is 10.1. The van der Waals surface area contributed by atoms with Crippen molar-refractivity contribution in [2.75, 3.05) is 7.05 Å². The number of ether oxygens (including phenoxy) is 1. The molecule has 1 saturated carbocycles. The number of alkyl halides is 2. The van der Waals surface area contributed by atoms with E-state index < -0.39 is 12.0 Å². The van der Waals surface area contributed by atoms with Gasteiger partial charge in [0.2, 0.25) is 10.0 Å². The molecule has 3 heterocycles. The summed E-state index contributed by atoms with van der Waals surface area (Å²) in [6.07, 6.45) is 3.47. The lowest BCUT2D eigenvalue weighted by molar-refractivity contribution is -0.134. The zero-order chi connectivity index (χ0) is 24.8. The van der Waals surface area contributed by atoms with E-state index in [0.29, 0.717) is 29.3 Å². The van der Waals surface area contributed by atoms with Gasteiger partial charge in [-0.25, -0.2) is 8.78 Å². The molecule has 35 heavy (non-hydrogen) atoms. The fraction of sp³-hybridized carbons (Fsp3) is 0.476. The van der Waals surface area contributed by atoms with E-state index in [1.165, 1.54) is 28.9 Å². The van der Waals surface area contributed by atoms with Crippen LogP contribution in [0.15, 0.2) is 18.3 Å². The van der Waals surface area contributed by atoms with Crippen LogP contribution in [0.4, 0.5) is 8.78 Å². The van der Waals surface area contributed by atoms with Gasteiger partial charge < -0.3 is 15.4 Å². The Balaban J connectivity index is 1.18. The number of unbranched alkanes of at least 4 members (excludes halogenated alkanes) is 1. The van der Waals surface area contributed by atoms with Crippen molar-refractivity contribution in [2.24, 2.45) is 0 Å². The Labute approximate surface area is 207 Å². The first-order valence-corrected chi connectivity index (χ1v) is 12.6. The summed E-state index contributed by atoms with van der Waals surface area (Å²) in [5, 5.41) is 23.3. The molecule has 0 spiro atoms. The van der Waals surface area contributed by atoms with E-state index in [1.54, 1.807) is 19.2 Å². The molecule has 0 aromatic carbocycles. The van der Waals surface area contributed by atoms with Crippen LogP contribution in [0.5, 0.6) is 5.75 Å². The lowest BCUT2D eigenvalue weighted by Crippen LogP contribution is -2.43. The van der Waals surface area contributed by atoms with Crippen molar-refractivity contribution in [3.05, 3.63) is 44.1 Å². The number of hydrogen-bond donors (Lipinski definition) is 2. The second kappa shape index (κ2) is 11.1. The van der Waals surface area contributed by atoms with Crippen LogP contribution in [-0.2, 0) is 19.4 Å². The summed E-state index contributed by atoms with van der Waals surface area (Å²) in [5.74, 6) is -2.81. The van der Waals surface area contributed by atoms with Crippen molar-refractivity contribution < 1.29 is 23.1 Å². The zero-order valence-electron chi connectivity index (χ0n) is 18.8. The maximum Gasteiger partial charge on any atom is 0.282 e. The number of carbonyl (C=O) groups is 2. The van der Waals surface area contributed by atoms with Crippen molar-refractivity contribution >= 4 is 34.5 Å². The molecule has 2 N–H and O–H groups in total. The van der Waals surface area contributed by atoms with Gasteiger partial charge in [-0.15, -0.1) is 20.4 Å². The maximum atomic E-state index is 13.0. The van der Waals surface area contributed by atoms with Crippen LogP contribution in [0.2, 0.25) is 0 Å². The van der Waals surface area contributed by atoms with Gasteiger partial charge in [-0.3, -0.25) is 14.6 Å². The quantitative estimate of drug-likeness (QED) is 0.367. The van der Waals surface area contributed by atoms with Gasteiger partial charge in [-0.05, 0) is 18.9 Å². The Morgan fingerprint density at radius 1 is 1.06 bits per heavy atom. The lowest BCUT2D eigenvalue weighted by atomic mass is 9.91. The van der Waals surface area contributed by atoms with Gasteiger partial charge in [-0.2, -0.15) is 0 Å². The molecule has 186 valence electrons. The van der Waals surface area contributed by atoms with Crippen LogP contribution in [0.1, 0.15) is 61.0 Å². The normalized spacial score (nSPS) is 14.8. The Bertz CT molecular complexity index is 1180. The van der Waals surface area contributed by atoms with Gasteiger partial charge in [0.1, 0.15) is 21.9 Å². The van der Waals surface area contributed by atoms with Crippen molar-refractivity contribution in [1.82, 2.24) is 36.0 Å². The number of pyridine rings is 1. The minimum Gasteiger partial charge on any atom is -0.490 e. The Morgan fingerprint density at radius 3 is 2.29 bits per heavy atom. The smallest absolute Gasteiger partial charge is 0.282 e. The van der Waals surface area contributed by atoms with E-state index in [-0.39, 0.29) is 36.2 Å². The van der Waals surface area contributed by atoms with Crippen LogP contribution in [0, 0.1) is 0 Å². The lowest BCUT2D eigenvalue weighted by Gasteiger charge is -2.34. The predicted molar refractivity (Wildman–Crippen MR) is 124 cm³/mol. The summed E-state index contributed by atoms with van der Waals surface area (Å²) < 4.78 is 31.5. The summed E-state index contributed by atoms with van der Waals surface area (Å²) in [6.45, 7) is 0.145. The van der Waals surface area contributed by atoms with E-state index in [0.717, 1.165) is 22.9 Å². The average Bonchev–Trinajstić information content (AvgIpc) is 3.49. The molecule has 0 atom stereocenters. The molecule has 0 saturated heterocycles. The highest BCUT2D eigenvalue weighted by Gasteiger charge is 2.47. The number of rotatable bonds is 11. The van der Waals surface area contributed by atoms with Crippen LogP contribution in [0.25, 0.3) is 0 Å². The van der Waals surface area contributed by atoms with Crippen LogP contribution < -0.4 is 15.4 Å². The monoisotopic (exact) mass is 523 g/mol. The van der Waals surface area contributed by atoms with Crippen molar-refractivity contribution in [3.8, 4) is 5.75 Å². The first-order valence-electron chi connectivity index (χ1n) is 11.0. The molecule has 10 nitrogen and oxygen atoms in total. The van der Waals surface area contributed by atoms with E-state index in [9.17, 15) is 18.4 Å². The van der Waals surface area contributed by atoms with E-state index in [1.807, 2.05) is 0 Å². The number of amides is 2. The molecule has 1 fully saturated rings. The van der Waals surface area contributed by atoms with Gasteiger partial charge in [0.15, 0.2) is 0 Å². The first kappa shape index (κ1) is 25.0. The molecule has 1 aliphatic rings. The molecule has 14 heteroatoms. The molecule has 1 aliphatic carbocycles. The zero-order valence-corrected chi connectivity index (χ0v) is 20.4. The van der Waals surface area contributed by atoms with Crippen LogP contribution in [0.3, 0.4) is 0 Å². The number of aromatic nitrogens is 5. The SMILES string of the molecule is CNC(=O)c1nnc(CCCCc2nnc(C(=O)NCc3cc(OC4CC(F)(F)C4)ccn3)s2)s1. The summed E-state index contributed by atoms with van der Waals surface area (Å²) >= 11 is 2.50. The summed E-state index contributed by atoms with van der Waals surface area (Å²) in [4.78, 5) is 28.1. The van der Waals surface area contributed by atoms with E-state index in [2.05, 4.69) is 36.0 Å². The third-order valence-electron chi connectivity index (χ3n) is 5.15. The Kier molecular flexibility index (Phi) is 7.90. The highest BCUT2D eigenvalue weighted by Crippen LogP contribution is 2.39.